The molecule has 0 fully saturated rings. The highest BCUT2D eigenvalue weighted by atomic mass is 32.1. The lowest BCUT2D eigenvalue weighted by molar-refractivity contribution is 0.0954. The van der Waals surface area contributed by atoms with Gasteiger partial charge in [0.25, 0.3) is 5.91 Å². The quantitative estimate of drug-likeness (QED) is 0.801. The highest BCUT2D eigenvalue weighted by Crippen LogP contribution is 2.27. The van der Waals surface area contributed by atoms with Crippen molar-refractivity contribution >= 4 is 17.2 Å². The number of benzene rings is 1. The van der Waals surface area contributed by atoms with Crippen molar-refractivity contribution in [2.24, 2.45) is 0 Å². The SMILES string of the molecule is CCCc1cc(C(=O)NCCc2ccc(OC)c(OC)c2)cs1. The maximum absolute atomic E-state index is 12.1. The lowest BCUT2D eigenvalue weighted by atomic mass is 10.1. The van der Waals surface area contributed by atoms with Gasteiger partial charge in [0.2, 0.25) is 0 Å². The topological polar surface area (TPSA) is 47.6 Å². The van der Waals surface area contributed by atoms with E-state index in [4.69, 9.17) is 9.47 Å². The third-order valence-electron chi connectivity index (χ3n) is 3.56. The number of rotatable bonds is 8. The number of aryl methyl sites for hydroxylation is 1. The summed E-state index contributed by atoms with van der Waals surface area (Å²) < 4.78 is 10.5. The molecule has 5 heteroatoms. The summed E-state index contributed by atoms with van der Waals surface area (Å²) in [4.78, 5) is 13.4. The van der Waals surface area contributed by atoms with Crippen LogP contribution in [0.5, 0.6) is 11.5 Å². The van der Waals surface area contributed by atoms with Gasteiger partial charge in [-0.3, -0.25) is 4.79 Å². The van der Waals surface area contributed by atoms with Gasteiger partial charge < -0.3 is 14.8 Å². The van der Waals surface area contributed by atoms with Crippen molar-refractivity contribution < 1.29 is 14.3 Å². The zero-order valence-electron chi connectivity index (χ0n) is 13.8. The molecule has 0 unspecified atom stereocenters. The van der Waals surface area contributed by atoms with Crippen molar-refractivity contribution in [1.29, 1.82) is 0 Å². The summed E-state index contributed by atoms with van der Waals surface area (Å²) in [5.41, 5.74) is 1.85. The van der Waals surface area contributed by atoms with Gasteiger partial charge in [-0.1, -0.05) is 19.4 Å². The van der Waals surface area contributed by atoms with Crippen molar-refractivity contribution in [3.63, 3.8) is 0 Å². The summed E-state index contributed by atoms with van der Waals surface area (Å²) in [6.45, 7) is 2.73. The van der Waals surface area contributed by atoms with Crippen LogP contribution >= 0.6 is 11.3 Å². The number of carbonyl (C=O) groups is 1. The number of thiophene rings is 1. The molecule has 1 aromatic carbocycles. The fourth-order valence-electron chi connectivity index (χ4n) is 2.34. The minimum atomic E-state index is -0.0101. The number of amides is 1. The maximum atomic E-state index is 12.1. The molecular weight excluding hydrogens is 310 g/mol. The van der Waals surface area contributed by atoms with Crippen LogP contribution in [0.3, 0.4) is 0 Å². The molecule has 2 aromatic rings. The van der Waals surface area contributed by atoms with Gasteiger partial charge in [-0.15, -0.1) is 11.3 Å². The molecule has 1 amide bonds. The molecule has 1 heterocycles. The van der Waals surface area contributed by atoms with E-state index in [0.29, 0.717) is 18.0 Å². The fourth-order valence-corrected chi connectivity index (χ4v) is 3.31. The normalized spacial score (nSPS) is 10.4. The van der Waals surface area contributed by atoms with Crippen LogP contribution in [0.4, 0.5) is 0 Å². The second-order valence-corrected chi connectivity index (χ2v) is 6.24. The van der Waals surface area contributed by atoms with Crippen molar-refractivity contribution in [3.05, 3.63) is 45.6 Å². The molecule has 0 aliphatic heterocycles. The monoisotopic (exact) mass is 333 g/mol. The minimum absolute atomic E-state index is 0.0101. The molecule has 124 valence electrons. The summed E-state index contributed by atoms with van der Waals surface area (Å²) in [5, 5.41) is 4.89. The Labute approximate surface area is 141 Å². The molecule has 0 saturated heterocycles. The third kappa shape index (κ3) is 4.73. The molecule has 0 saturated carbocycles. The smallest absolute Gasteiger partial charge is 0.252 e. The second kappa shape index (κ2) is 8.58. The summed E-state index contributed by atoms with van der Waals surface area (Å²) in [6, 6.07) is 7.79. The predicted octanol–water partition coefficient (Wildman–Crippen LogP) is 3.69. The predicted molar refractivity (Wildman–Crippen MR) is 93.9 cm³/mol. The first-order valence-corrected chi connectivity index (χ1v) is 8.62. The van der Waals surface area contributed by atoms with Gasteiger partial charge in [0.1, 0.15) is 0 Å². The van der Waals surface area contributed by atoms with Gasteiger partial charge in [0.15, 0.2) is 11.5 Å². The summed E-state index contributed by atoms with van der Waals surface area (Å²) in [6.07, 6.45) is 2.88. The van der Waals surface area contributed by atoms with E-state index in [1.54, 1.807) is 25.6 Å². The van der Waals surface area contributed by atoms with Crippen LogP contribution in [0.2, 0.25) is 0 Å². The number of hydrogen-bond acceptors (Lipinski definition) is 4. The van der Waals surface area contributed by atoms with Crippen molar-refractivity contribution in [3.8, 4) is 11.5 Å². The van der Waals surface area contributed by atoms with Gasteiger partial charge in [0, 0.05) is 16.8 Å². The number of nitrogens with one attached hydrogen (secondary N) is 1. The van der Waals surface area contributed by atoms with Crippen LogP contribution in [0, 0.1) is 0 Å². The molecule has 2 rings (SSSR count). The van der Waals surface area contributed by atoms with E-state index >= 15 is 0 Å². The lowest BCUT2D eigenvalue weighted by Gasteiger charge is -2.10. The molecule has 0 aliphatic rings. The van der Waals surface area contributed by atoms with Crippen molar-refractivity contribution in [2.45, 2.75) is 26.2 Å². The summed E-state index contributed by atoms with van der Waals surface area (Å²) in [5.74, 6) is 1.41. The molecule has 0 bridgehead atoms. The zero-order valence-corrected chi connectivity index (χ0v) is 14.7. The standard InChI is InChI=1S/C18H23NO3S/c1-4-5-15-11-14(12-23-15)18(20)19-9-8-13-6-7-16(21-2)17(10-13)22-3/h6-7,10-12H,4-5,8-9H2,1-3H3,(H,19,20). The average molecular weight is 333 g/mol. The number of hydrogen-bond donors (Lipinski definition) is 1. The molecule has 0 atom stereocenters. The van der Waals surface area contributed by atoms with Gasteiger partial charge in [-0.25, -0.2) is 0 Å². The van der Waals surface area contributed by atoms with Crippen LogP contribution in [0.1, 0.15) is 34.1 Å². The van der Waals surface area contributed by atoms with E-state index in [-0.39, 0.29) is 5.91 Å². The Bertz CT molecular complexity index is 651. The van der Waals surface area contributed by atoms with E-state index < -0.39 is 0 Å². The van der Waals surface area contributed by atoms with E-state index in [2.05, 4.69) is 12.2 Å². The van der Waals surface area contributed by atoms with E-state index in [0.717, 1.165) is 30.4 Å². The van der Waals surface area contributed by atoms with Crippen molar-refractivity contribution in [1.82, 2.24) is 5.32 Å². The Morgan fingerprint density at radius 2 is 1.91 bits per heavy atom. The second-order valence-electron chi connectivity index (χ2n) is 5.25. The molecule has 1 aromatic heterocycles. The zero-order chi connectivity index (χ0) is 16.7. The van der Waals surface area contributed by atoms with E-state index in [1.165, 1.54) is 4.88 Å². The summed E-state index contributed by atoms with van der Waals surface area (Å²) in [7, 11) is 3.24. The number of methoxy groups -OCH3 is 2. The van der Waals surface area contributed by atoms with Crippen LogP contribution in [-0.2, 0) is 12.8 Å². The van der Waals surface area contributed by atoms with Gasteiger partial charge in [-0.2, -0.15) is 0 Å². The molecule has 1 N–H and O–H groups in total. The Balaban J connectivity index is 1.87. The highest BCUT2D eigenvalue weighted by Gasteiger charge is 2.09. The number of ether oxygens (including phenoxy) is 2. The van der Waals surface area contributed by atoms with Gasteiger partial charge >= 0.3 is 0 Å². The minimum Gasteiger partial charge on any atom is -0.493 e. The first-order chi connectivity index (χ1) is 11.2. The Morgan fingerprint density at radius 3 is 2.61 bits per heavy atom. The molecule has 0 spiro atoms. The first-order valence-electron chi connectivity index (χ1n) is 7.74. The molecular formula is C18H23NO3S. The lowest BCUT2D eigenvalue weighted by Crippen LogP contribution is -2.25. The van der Waals surface area contributed by atoms with Crippen LogP contribution < -0.4 is 14.8 Å². The van der Waals surface area contributed by atoms with E-state index in [1.807, 2.05) is 29.6 Å². The Morgan fingerprint density at radius 1 is 1.13 bits per heavy atom. The highest BCUT2D eigenvalue weighted by molar-refractivity contribution is 7.10. The van der Waals surface area contributed by atoms with Crippen LogP contribution in [0.15, 0.2) is 29.6 Å². The molecule has 0 aliphatic carbocycles. The summed E-state index contributed by atoms with van der Waals surface area (Å²) >= 11 is 1.65. The van der Waals surface area contributed by atoms with Crippen molar-refractivity contribution in [2.75, 3.05) is 20.8 Å². The first kappa shape index (κ1) is 17.3. The fraction of sp³-hybridized carbons (Fsp3) is 0.389. The molecule has 0 radical (unpaired) electrons. The van der Waals surface area contributed by atoms with E-state index in [9.17, 15) is 4.79 Å². The molecule has 4 nitrogen and oxygen atoms in total. The Hall–Kier alpha value is -2.01. The largest absolute Gasteiger partial charge is 0.493 e. The molecule has 23 heavy (non-hydrogen) atoms. The van der Waals surface area contributed by atoms with Crippen LogP contribution in [0.25, 0.3) is 0 Å². The maximum Gasteiger partial charge on any atom is 0.252 e. The number of carbonyl (C=O) groups excluding carboxylic acids is 1. The van der Waals surface area contributed by atoms with Gasteiger partial charge in [0.05, 0.1) is 19.8 Å². The van der Waals surface area contributed by atoms with Gasteiger partial charge in [-0.05, 0) is 36.6 Å². The Kier molecular flexibility index (Phi) is 6.47. The average Bonchev–Trinajstić information content (AvgIpc) is 3.03. The third-order valence-corrected chi connectivity index (χ3v) is 4.56. The van der Waals surface area contributed by atoms with Crippen LogP contribution in [-0.4, -0.2) is 26.7 Å².